The molecular weight excluding hydrogens is 626 g/mol. The Morgan fingerprint density at radius 2 is 1.37 bits per heavy atom. The maximum atomic E-state index is 15.5. The molecule has 0 radical (unpaired) electrons. The highest BCUT2D eigenvalue weighted by Crippen LogP contribution is 2.51. The summed E-state index contributed by atoms with van der Waals surface area (Å²) in [5, 5.41) is 10.3. The molecular formula is C38H37N3O8. The summed E-state index contributed by atoms with van der Waals surface area (Å²) in [4.78, 5) is 73.4. The van der Waals surface area contributed by atoms with Crippen LogP contribution in [0.4, 0.5) is 17.1 Å². The monoisotopic (exact) mass is 663 g/mol. The zero-order valence-corrected chi connectivity index (χ0v) is 27.4. The summed E-state index contributed by atoms with van der Waals surface area (Å²) in [6, 6.07) is 30.0. The molecule has 3 N–H and O–H groups in total. The van der Waals surface area contributed by atoms with Gasteiger partial charge in [0.2, 0.25) is 17.7 Å². The van der Waals surface area contributed by atoms with E-state index in [-0.39, 0.29) is 23.5 Å². The van der Waals surface area contributed by atoms with Gasteiger partial charge in [0, 0.05) is 5.69 Å². The predicted octanol–water partition coefficient (Wildman–Crippen LogP) is 5.34. The number of fused-ring (bicyclic) bond motifs is 1. The van der Waals surface area contributed by atoms with Crippen molar-refractivity contribution in [2.75, 3.05) is 16.9 Å². The van der Waals surface area contributed by atoms with Gasteiger partial charge in [-0.25, -0.2) is 0 Å². The maximum absolute atomic E-state index is 15.5. The van der Waals surface area contributed by atoms with Crippen LogP contribution in [0, 0.1) is 11.3 Å². The lowest BCUT2D eigenvalue weighted by atomic mass is 9.73. The Kier molecular flexibility index (Phi) is 9.84. The van der Waals surface area contributed by atoms with E-state index >= 15 is 9.59 Å². The summed E-state index contributed by atoms with van der Waals surface area (Å²) < 4.78 is 10.9. The lowest BCUT2D eigenvalue weighted by Crippen LogP contribution is -2.64. The van der Waals surface area contributed by atoms with Crippen LogP contribution < -0.4 is 20.3 Å². The number of nitrogens with two attached hydrogens (primary N) is 1. The minimum absolute atomic E-state index is 0.109. The van der Waals surface area contributed by atoms with Crippen molar-refractivity contribution in [1.82, 2.24) is 0 Å². The summed E-state index contributed by atoms with van der Waals surface area (Å²) in [6.45, 7) is 3.21. The van der Waals surface area contributed by atoms with Crippen molar-refractivity contribution < 1.29 is 38.6 Å². The molecule has 252 valence electrons. The molecule has 2 atom stereocenters. The molecule has 0 bridgehead atoms. The minimum Gasteiger partial charge on any atom is -0.497 e. The van der Waals surface area contributed by atoms with Crippen LogP contribution in [-0.4, -0.2) is 41.9 Å². The second-order valence-electron chi connectivity index (χ2n) is 12.1. The van der Waals surface area contributed by atoms with Gasteiger partial charge in [-0.05, 0) is 53.4 Å². The van der Waals surface area contributed by atoms with Crippen LogP contribution in [0.15, 0.2) is 109 Å². The van der Waals surface area contributed by atoms with Crippen molar-refractivity contribution in [2.24, 2.45) is 17.1 Å². The number of carboxylic acid groups (broad SMARTS) is 1. The summed E-state index contributed by atoms with van der Waals surface area (Å²) in [5.74, 6) is -5.77. The van der Waals surface area contributed by atoms with E-state index in [0.29, 0.717) is 17.0 Å². The number of primary amides is 1. The molecule has 0 aromatic heterocycles. The molecule has 0 saturated carbocycles. The fraction of sp³-hybridized carbons (Fsp3) is 0.237. The second kappa shape index (κ2) is 14.0. The predicted molar refractivity (Wildman–Crippen MR) is 182 cm³/mol. The largest absolute Gasteiger partial charge is 0.497 e. The third-order valence-electron chi connectivity index (χ3n) is 8.84. The molecule has 2 unspecified atom stereocenters. The molecule has 1 heterocycles. The van der Waals surface area contributed by atoms with E-state index in [1.807, 2.05) is 0 Å². The number of para-hydroxylation sites is 3. The van der Waals surface area contributed by atoms with E-state index in [1.165, 1.54) is 12.0 Å². The highest BCUT2D eigenvalue weighted by Gasteiger charge is 2.62. The lowest BCUT2D eigenvalue weighted by molar-refractivity contribution is -0.159. The Bertz CT molecular complexity index is 1860. The molecule has 5 rings (SSSR count). The number of nitrogens with zero attached hydrogens (tertiary/aromatic N) is 2. The summed E-state index contributed by atoms with van der Waals surface area (Å²) in [5.41, 5.74) is 3.25. The third-order valence-corrected chi connectivity index (χ3v) is 8.84. The van der Waals surface area contributed by atoms with Gasteiger partial charge >= 0.3 is 11.9 Å². The van der Waals surface area contributed by atoms with E-state index < -0.39 is 59.4 Å². The summed E-state index contributed by atoms with van der Waals surface area (Å²) >= 11 is 0. The minimum atomic E-state index is -2.59. The first-order valence-electron chi connectivity index (χ1n) is 15.7. The number of amides is 3. The van der Waals surface area contributed by atoms with Crippen LogP contribution in [0.1, 0.15) is 37.8 Å². The van der Waals surface area contributed by atoms with Gasteiger partial charge in [-0.1, -0.05) is 86.6 Å². The molecule has 49 heavy (non-hydrogen) atoms. The van der Waals surface area contributed by atoms with E-state index in [4.69, 9.17) is 15.2 Å². The fourth-order valence-electron chi connectivity index (χ4n) is 6.53. The third kappa shape index (κ3) is 6.22. The van der Waals surface area contributed by atoms with Crippen LogP contribution in [0.2, 0.25) is 0 Å². The highest BCUT2D eigenvalue weighted by molar-refractivity contribution is 6.26. The Hall–Kier alpha value is -5.97. The van der Waals surface area contributed by atoms with Crippen molar-refractivity contribution in [3.63, 3.8) is 0 Å². The molecule has 0 fully saturated rings. The van der Waals surface area contributed by atoms with Crippen LogP contribution in [0.3, 0.4) is 0 Å². The smallest absolute Gasteiger partial charge is 0.307 e. The standard InChI is InChI=1S/C38H37N3O8/c1-25(2)38(34(39)45,27-18-20-29(48-3)21-19-27)41-31-17-11-10-16-30(31)40(28-14-8-5-9-15-28)35(46)37(36(41)47,22-32(42)43)23-33(44)49-24-26-12-6-4-7-13-26/h4-21,25H,22-24H2,1-3H3,(H2,39,45)(H,42,43). The lowest BCUT2D eigenvalue weighted by Gasteiger charge is -2.46. The Morgan fingerprint density at radius 1 is 0.796 bits per heavy atom. The van der Waals surface area contributed by atoms with Crippen LogP contribution >= 0.6 is 0 Å². The molecule has 1 aliphatic rings. The van der Waals surface area contributed by atoms with Gasteiger partial charge in [-0.15, -0.1) is 0 Å². The molecule has 1 aliphatic heterocycles. The average molecular weight is 664 g/mol. The number of methoxy groups -OCH3 is 1. The number of hydrogen-bond donors (Lipinski definition) is 2. The first kappa shape index (κ1) is 34.4. The van der Waals surface area contributed by atoms with E-state index in [2.05, 4.69) is 0 Å². The quantitative estimate of drug-likeness (QED) is 0.152. The van der Waals surface area contributed by atoms with E-state index in [9.17, 15) is 19.5 Å². The first-order chi connectivity index (χ1) is 23.5. The molecule has 11 nitrogen and oxygen atoms in total. The van der Waals surface area contributed by atoms with Crippen molar-refractivity contribution in [3.8, 4) is 5.75 Å². The van der Waals surface area contributed by atoms with Gasteiger partial charge in [0.05, 0.1) is 31.3 Å². The zero-order valence-electron chi connectivity index (χ0n) is 27.4. The summed E-state index contributed by atoms with van der Waals surface area (Å²) in [7, 11) is 1.48. The highest BCUT2D eigenvalue weighted by atomic mass is 16.5. The number of hydrogen-bond acceptors (Lipinski definition) is 7. The maximum Gasteiger partial charge on any atom is 0.307 e. The topological polar surface area (TPSA) is 157 Å². The number of benzene rings is 4. The number of ether oxygens (including phenoxy) is 2. The molecule has 0 aliphatic carbocycles. The van der Waals surface area contributed by atoms with Crippen molar-refractivity contribution in [1.29, 1.82) is 0 Å². The molecule has 4 aromatic rings. The van der Waals surface area contributed by atoms with Crippen LogP contribution in [0.25, 0.3) is 0 Å². The van der Waals surface area contributed by atoms with Crippen LogP contribution in [0.5, 0.6) is 5.75 Å². The number of rotatable bonds is 12. The van der Waals surface area contributed by atoms with E-state index in [1.54, 1.807) is 123 Å². The molecule has 11 heteroatoms. The zero-order chi connectivity index (χ0) is 35.3. The van der Waals surface area contributed by atoms with Gasteiger partial charge in [0.1, 0.15) is 17.8 Å². The molecule has 4 aromatic carbocycles. The van der Waals surface area contributed by atoms with Crippen molar-refractivity contribution in [3.05, 3.63) is 120 Å². The first-order valence-corrected chi connectivity index (χ1v) is 15.7. The second-order valence-corrected chi connectivity index (χ2v) is 12.1. The number of carbonyl (C=O) groups excluding carboxylic acids is 4. The van der Waals surface area contributed by atoms with Gasteiger partial charge in [-0.3, -0.25) is 33.8 Å². The molecule has 0 saturated heterocycles. The number of aliphatic carboxylic acids is 1. The van der Waals surface area contributed by atoms with Gasteiger partial charge in [0.25, 0.3) is 0 Å². The Labute approximate surface area is 283 Å². The van der Waals surface area contributed by atoms with Gasteiger partial charge < -0.3 is 20.3 Å². The van der Waals surface area contributed by atoms with Gasteiger partial charge in [0.15, 0.2) is 5.54 Å². The van der Waals surface area contributed by atoms with E-state index in [0.717, 1.165) is 4.90 Å². The van der Waals surface area contributed by atoms with Crippen LogP contribution in [-0.2, 0) is 40.9 Å². The molecule has 3 amide bonds. The SMILES string of the molecule is COc1ccc(C(C(N)=O)(C(C)C)N2C(=O)C(CC(=O)O)(CC(=O)OCc3ccccc3)C(=O)N(c3ccccc3)c3ccccc32)cc1. The number of esters is 1. The molecule has 0 spiro atoms. The Morgan fingerprint density at radius 3 is 1.92 bits per heavy atom. The normalized spacial score (nSPS) is 17.1. The van der Waals surface area contributed by atoms with Crippen molar-refractivity contribution >= 4 is 46.7 Å². The number of anilines is 3. The fourth-order valence-corrected chi connectivity index (χ4v) is 6.53. The number of carboxylic acids is 1. The van der Waals surface area contributed by atoms with Crippen molar-refractivity contribution in [2.45, 2.75) is 38.8 Å². The average Bonchev–Trinajstić information content (AvgIpc) is 3.16. The van der Waals surface area contributed by atoms with Gasteiger partial charge in [-0.2, -0.15) is 0 Å². The number of carbonyl (C=O) groups is 5. The summed E-state index contributed by atoms with van der Waals surface area (Å²) in [6.07, 6.45) is -2.03. The Balaban J connectivity index is 1.82.